The summed E-state index contributed by atoms with van der Waals surface area (Å²) in [5.74, 6) is 0.957. The van der Waals surface area contributed by atoms with E-state index in [2.05, 4.69) is 27.9 Å². The summed E-state index contributed by atoms with van der Waals surface area (Å²) in [6.45, 7) is 4.43. The SMILES string of the molecule is CN=C(NCCC(=O)NC1CCS(=O)(=O)C1)NCC(C)COCc1ccccc1. The van der Waals surface area contributed by atoms with E-state index in [1.807, 2.05) is 30.3 Å². The zero-order valence-electron chi connectivity index (χ0n) is 17.2. The van der Waals surface area contributed by atoms with Crippen molar-refractivity contribution < 1.29 is 17.9 Å². The van der Waals surface area contributed by atoms with Gasteiger partial charge in [-0.05, 0) is 17.9 Å². The van der Waals surface area contributed by atoms with E-state index in [1.165, 1.54) is 0 Å². The van der Waals surface area contributed by atoms with Crippen molar-refractivity contribution in [2.75, 3.05) is 38.2 Å². The van der Waals surface area contributed by atoms with E-state index in [0.29, 0.717) is 44.6 Å². The molecule has 162 valence electrons. The topological polar surface area (TPSA) is 109 Å². The number of nitrogens with zero attached hydrogens (tertiary/aromatic N) is 1. The fraction of sp³-hybridized carbons (Fsp3) is 0.600. The fourth-order valence-corrected chi connectivity index (χ4v) is 4.68. The molecule has 2 atom stereocenters. The molecule has 1 fully saturated rings. The van der Waals surface area contributed by atoms with E-state index in [-0.39, 0.29) is 29.9 Å². The Morgan fingerprint density at radius 2 is 2.03 bits per heavy atom. The third-order valence-corrected chi connectivity index (χ3v) is 6.37. The van der Waals surface area contributed by atoms with Crippen molar-refractivity contribution in [1.82, 2.24) is 16.0 Å². The second-order valence-corrected chi connectivity index (χ2v) is 9.63. The molecule has 1 aliphatic rings. The van der Waals surface area contributed by atoms with Crippen LogP contribution in [0.25, 0.3) is 0 Å². The van der Waals surface area contributed by atoms with Gasteiger partial charge in [0.25, 0.3) is 0 Å². The van der Waals surface area contributed by atoms with Gasteiger partial charge in [-0.15, -0.1) is 0 Å². The van der Waals surface area contributed by atoms with Gasteiger partial charge in [-0.3, -0.25) is 9.79 Å². The van der Waals surface area contributed by atoms with Gasteiger partial charge < -0.3 is 20.7 Å². The molecule has 0 aromatic heterocycles. The Balaban J connectivity index is 1.56. The van der Waals surface area contributed by atoms with Gasteiger partial charge in [0, 0.05) is 32.6 Å². The summed E-state index contributed by atoms with van der Waals surface area (Å²) in [5.41, 5.74) is 1.15. The highest BCUT2D eigenvalue weighted by molar-refractivity contribution is 7.91. The number of hydrogen-bond acceptors (Lipinski definition) is 5. The third-order valence-electron chi connectivity index (χ3n) is 4.60. The first kappa shape index (κ1) is 23.2. The van der Waals surface area contributed by atoms with Crippen molar-refractivity contribution in [1.29, 1.82) is 0 Å². The Morgan fingerprint density at radius 3 is 2.69 bits per heavy atom. The zero-order chi connectivity index (χ0) is 21.1. The molecule has 8 nitrogen and oxygen atoms in total. The van der Waals surface area contributed by atoms with Crippen LogP contribution in [0.3, 0.4) is 0 Å². The number of amides is 1. The molecule has 1 amide bonds. The predicted octanol–water partition coefficient (Wildman–Crippen LogP) is 0.698. The second kappa shape index (κ2) is 11.8. The maximum Gasteiger partial charge on any atom is 0.222 e. The first-order valence-corrected chi connectivity index (χ1v) is 11.8. The highest BCUT2D eigenvalue weighted by Crippen LogP contribution is 2.11. The van der Waals surface area contributed by atoms with Crippen molar-refractivity contribution >= 4 is 21.7 Å². The number of carbonyl (C=O) groups excluding carboxylic acids is 1. The van der Waals surface area contributed by atoms with E-state index < -0.39 is 9.84 Å². The van der Waals surface area contributed by atoms with Gasteiger partial charge in [0.1, 0.15) is 0 Å². The maximum atomic E-state index is 12.0. The van der Waals surface area contributed by atoms with E-state index in [1.54, 1.807) is 7.05 Å². The van der Waals surface area contributed by atoms with Crippen LogP contribution in [0.2, 0.25) is 0 Å². The van der Waals surface area contributed by atoms with E-state index >= 15 is 0 Å². The Labute approximate surface area is 173 Å². The van der Waals surface area contributed by atoms with Gasteiger partial charge in [-0.2, -0.15) is 0 Å². The molecule has 3 N–H and O–H groups in total. The standard InChI is InChI=1S/C20H32N4O4S/c1-16(13-28-14-17-6-4-3-5-7-17)12-23-20(21-2)22-10-8-19(25)24-18-9-11-29(26,27)15-18/h3-7,16,18H,8-15H2,1-2H3,(H,24,25)(H2,21,22,23). The minimum atomic E-state index is -2.99. The number of guanidine groups is 1. The zero-order valence-corrected chi connectivity index (χ0v) is 18.0. The van der Waals surface area contributed by atoms with Gasteiger partial charge >= 0.3 is 0 Å². The van der Waals surface area contributed by atoms with Crippen molar-refractivity contribution in [2.45, 2.75) is 32.4 Å². The van der Waals surface area contributed by atoms with Crippen molar-refractivity contribution in [3.63, 3.8) is 0 Å². The molecular formula is C20H32N4O4S. The monoisotopic (exact) mass is 424 g/mol. The largest absolute Gasteiger partial charge is 0.376 e. The highest BCUT2D eigenvalue weighted by atomic mass is 32.2. The van der Waals surface area contributed by atoms with Crippen LogP contribution in [0.15, 0.2) is 35.3 Å². The van der Waals surface area contributed by atoms with Crippen LogP contribution in [0.4, 0.5) is 0 Å². The van der Waals surface area contributed by atoms with Gasteiger partial charge in [0.05, 0.1) is 24.7 Å². The third kappa shape index (κ3) is 9.27. The average Bonchev–Trinajstić information content (AvgIpc) is 3.03. The maximum absolute atomic E-state index is 12.0. The molecule has 1 heterocycles. The molecule has 0 spiro atoms. The number of sulfone groups is 1. The molecule has 2 unspecified atom stereocenters. The molecule has 1 aromatic rings. The van der Waals surface area contributed by atoms with Crippen LogP contribution in [-0.4, -0.2) is 64.6 Å². The van der Waals surface area contributed by atoms with Crippen LogP contribution in [-0.2, 0) is 26.0 Å². The normalized spacial score (nSPS) is 19.5. The molecule has 1 aliphatic heterocycles. The van der Waals surface area contributed by atoms with Crippen molar-refractivity contribution in [2.24, 2.45) is 10.9 Å². The first-order valence-electron chi connectivity index (χ1n) is 9.94. The van der Waals surface area contributed by atoms with Gasteiger partial charge in [-0.25, -0.2) is 8.42 Å². The van der Waals surface area contributed by atoms with Crippen molar-refractivity contribution in [3.05, 3.63) is 35.9 Å². The number of aliphatic imine (C=N–C) groups is 1. The van der Waals surface area contributed by atoms with Gasteiger partial charge in [0.15, 0.2) is 15.8 Å². The molecule has 1 saturated heterocycles. The van der Waals surface area contributed by atoms with Gasteiger partial charge in [-0.1, -0.05) is 37.3 Å². The lowest BCUT2D eigenvalue weighted by molar-refractivity contribution is -0.121. The Morgan fingerprint density at radius 1 is 1.28 bits per heavy atom. The summed E-state index contributed by atoms with van der Waals surface area (Å²) in [5, 5.41) is 9.10. The molecule has 0 radical (unpaired) electrons. The van der Waals surface area contributed by atoms with Crippen LogP contribution in [0.5, 0.6) is 0 Å². The Bertz CT molecular complexity index is 768. The molecule has 0 aliphatic carbocycles. The quantitative estimate of drug-likeness (QED) is 0.377. The molecule has 1 aromatic carbocycles. The van der Waals surface area contributed by atoms with E-state index in [0.717, 1.165) is 5.56 Å². The lowest BCUT2D eigenvalue weighted by Gasteiger charge is -2.16. The number of nitrogens with one attached hydrogen (secondary N) is 3. The van der Waals surface area contributed by atoms with Crippen molar-refractivity contribution in [3.8, 4) is 0 Å². The van der Waals surface area contributed by atoms with Crippen LogP contribution in [0.1, 0.15) is 25.3 Å². The molecule has 0 saturated carbocycles. The summed E-state index contributed by atoms with van der Waals surface area (Å²) in [4.78, 5) is 16.1. The van der Waals surface area contributed by atoms with E-state index in [9.17, 15) is 13.2 Å². The van der Waals surface area contributed by atoms with Gasteiger partial charge in [0.2, 0.25) is 5.91 Å². The smallest absolute Gasteiger partial charge is 0.222 e. The lowest BCUT2D eigenvalue weighted by Crippen LogP contribution is -2.42. The lowest BCUT2D eigenvalue weighted by atomic mass is 10.2. The average molecular weight is 425 g/mol. The highest BCUT2D eigenvalue weighted by Gasteiger charge is 2.28. The Hall–Kier alpha value is -2.13. The molecule has 9 heteroatoms. The summed E-state index contributed by atoms with van der Waals surface area (Å²) in [6, 6.07) is 9.79. The summed E-state index contributed by atoms with van der Waals surface area (Å²) < 4.78 is 28.6. The second-order valence-electron chi connectivity index (χ2n) is 7.40. The Kier molecular flexibility index (Phi) is 9.40. The minimum Gasteiger partial charge on any atom is -0.376 e. The fourth-order valence-electron chi connectivity index (χ4n) is 3.01. The molecule has 29 heavy (non-hydrogen) atoms. The molecular weight excluding hydrogens is 392 g/mol. The number of benzene rings is 1. The minimum absolute atomic E-state index is 0.0413. The summed E-state index contributed by atoms with van der Waals surface area (Å²) >= 11 is 0. The molecule has 0 bridgehead atoms. The number of hydrogen-bond donors (Lipinski definition) is 3. The number of rotatable bonds is 10. The predicted molar refractivity (Wildman–Crippen MR) is 114 cm³/mol. The van der Waals surface area contributed by atoms with E-state index in [4.69, 9.17) is 4.74 Å². The first-order chi connectivity index (χ1) is 13.9. The number of ether oxygens (including phenoxy) is 1. The number of carbonyl (C=O) groups is 1. The van der Waals surface area contributed by atoms with Crippen LogP contribution in [0, 0.1) is 5.92 Å². The summed E-state index contributed by atoms with van der Waals surface area (Å²) in [7, 11) is -1.31. The molecule has 2 rings (SSSR count). The van der Waals surface area contributed by atoms with Crippen LogP contribution < -0.4 is 16.0 Å². The van der Waals surface area contributed by atoms with Crippen LogP contribution >= 0.6 is 0 Å². The summed E-state index contributed by atoms with van der Waals surface area (Å²) in [6.07, 6.45) is 0.752.